The number of nitrogens with zero attached hydrogens (tertiary/aromatic N) is 2. The fourth-order valence-electron chi connectivity index (χ4n) is 3.01. The van der Waals surface area contributed by atoms with Gasteiger partial charge in [-0.1, -0.05) is 36.4 Å². The van der Waals surface area contributed by atoms with Gasteiger partial charge in [-0.3, -0.25) is 13.9 Å². The Morgan fingerprint density at radius 3 is 2.23 bits per heavy atom. The molecule has 0 aromatic heterocycles. The number of benzene rings is 2. The lowest BCUT2D eigenvalue weighted by molar-refractivity contribution is -0.139. The Balaban J connectivity index is 2.36. The van der Waals surface area contributed by atoms with E-state index in [0.717, 1.165) is 22.2 Å². The van der Waals surface area contributed by atoms with Crippen LogP contribution in [0.5, 0.6) is 0 Å². The minimum atomic E-state index is -3.88. The molecule has 2 aromatic carbocycles. The molecule has 0 heterocycles. The average Bonchev–Trinajstić information content (AvgIpc) is 2.69. The van der Waals surface area contributed by atoms with Crippen LogP contribution in [0.15, 0.2) is 54.6 Å². The van der Waals surface area contributed by atoms with Crippen LogP contribution in [0.25, 0.3) is 0 Å². The van der Waals surface area contributed by atoms with Crippen LogP contribution in [0.2, 0.25) is 0 Å². The van der Waals surface area contributed by atoms with E-state index in [4.69, 9.17) is 0 Å². The summed E-state index contributed by atoms with van der Waals surface area (Å²) in [6.45, 7) is 4.76. The standard InChI is InChI=1S/C22H28FN3O4S/c1-16(2)24-22(28)17(3)25(14-18-9-6-5-7-10-18)21(27)15-26(31(4,29)30)20-12-8-11-19(23)13-20/h5-13,16-17H,14-15H2,1-4H3,(H,24,28)/t17-/m1/s1. The van der Waals surface area contributed by atoms with Crippen molar-refractivity contribution in [1.29, 1.82) is 0 Å². The highest BCUT2D eigenvalue weighted by molar-refractivity contribution is 7.92. The highest BCUT2D eigenvalue weighted by Gasteiger charge is 2.30. The van der Waals surface area contributed by atoms with Crippen molar-refractivity contribution in [3.05, 3.63) is 66.0 Å². The number of hydrogen-bond donors (Lipinski definition) is 1. The van der Waals surface area contributed by atoms with E-state index in [2.05, 4.69) is 5.32 Å². The Morgan fingerprint density at radius 1 is 1.03 bits per heavy atom. The molecular weight excluding hydrogens is 421 g/mol. The number of halogens is 1. The van der Waals surface area contributed by atoms with Crippen molar-refractivity contribution in [3.63, 3.8) is 0 Å². The van der Waals surface area contributed by atoms with Gasteiger partial charge in [0.2, 0.25) is 21.8 Å². The molecular formula is C22H28FN3O4S. The highest BCUT2D eigenvalue weighted by atomic mass is 32.2. The van der Waals surface area contributed by atoms with Crippen molar-refractivity contribution in [2.24, 2.45) is 0 Å². The average molecular weight is 450 g/mol. The summed E-state index contributed by atoms with van der Waals surface area (Å²) < 4.78 is 39.2. The van der Waals surface area contributed by atoms with E-state index in [-0.39, 0.29) is 24.2 Å². The number of hydrogen-bond acceptors (Lipinski definition) is 4. The second-order valence-corrected chi connectivity index (χ2v) is 9.50. The van der Waals surface area contributed by atoms with Gasteiger partial charge in [0.15, 0.2) is 0 Å². The second kappa shape index (κ2) is 10.4. The summed E-state index contributed by atoms with van der Waals surface area (Å²) in [6, 6.07) is 13.1. The Labute approximate surface area is 182 Å². The Morgan fingerprint density at radius 2 is 1.68 bits per heavy atom. The normalized spacial score (nSPS) is 12.3. The fraction of sp³-hybridized carbons (Fsp3) is 0.364. The predicted octanol–water partition coefficient (Wildman–Crippen LogP) is 2.53. The van der Waals surface area contributed by atoms with Crippen LogP contribution in [0, 0.1) is 5.82 Å². The van der Waals surface area contributed by atoms with E-state index in [1.165, 1.54) is 23.1 Å². The molecule has 2 amide bonds. The third kappa shape index (κ3) is 7.06. The lowest BCUT2D eigenvalue weighted by Crippen LogP contribution is -2.52. The van der Waals surface area contributed by atoms with Crippen LogP contribution >= 0.6 is 0 Å². The third-order valence-corrected chi connectivity index (χ3v) is 5.71. The molecule has 7 nitrogen and oxygen atoms in total. The van der Waals surface area contributed by atoms with E-state index in [1.54, 1.807) is 6.92 Å². The topological polar surface area (TPSA) is 86.8 Å². The summed E-state index contributed by atoms with van der Waals surface area (Å²) in [5.74, 6) is -1.55. The molecule has 0 radical (unpaired) electrons. The van der Waals surface area contributed by atoms with E-state index >= 15 is 0 Å². The molecule has 168 valence electrons. The van der Waals surface area contributed by atoms with E-state index in [9.17, 15) is 22.4 Å². The van der Waals surface area contributed by atoms with Crippen LogP contribution in [0.3, 0.4) is 0 Å². The van der Waals surface area contributed by atoms with Gasteiger partial charge in [0.25, 0.3) is 0 Å². The maximum absolute atomic E-state index is 13.7. The van der Waals surface area contributed by atoms with Crippen molar-refractivity contribution < 1.29 is 22.4 Å². The van der Waals surface area contributed by atoms with Gasteiger partial charge in [0, 0.05) is 12.6 Å². The quantitative estimate of drug-likeness (QED) is 0.637. The Kier molecular flexibility index (Phi) is 8.15. The van der Waals surface area contributed by atoms with Crippen LogP contribution in [-0.2, 0) is 26.2 Å². The van der Waals surface area contributed by atoms with Crippen LogP contribution in [-0.4, -0.2) is 50.0 Å². The summed E-state index contributed by atoms with van der Waals surface area (Å²) in [5.41, 5.74) is 0.825. The number of anilines is 1. The molecule has 0 aliphatic rings. The van der Waals surface area contributed by atoms with Crippen LogP contribution < -0.4 is 9.62 Å². The molecule has 0 spiro atoms. The van der Waals surface area contributed by atoms with Gasteiger partial charge in [-0.2, -0.15) is 0 Å². The summed E-state index contributed by atoms with van der Waals surface area (Å²) in [5, 5.41) is 2.77. The van der Waals surface area contributed by atoms with Gasteiger partial charge >= 0.3 is 0 Å². The van der Waals surface area contributed by atoms with Crippen LogP contribution in [0.4, 0.5) is 10.1 Å². The first-order chi connectivity index (χ1) is 14.5. The van der Waals surface area contributed by atoms with Crippen LogP contribution in [0.1, 0.15) is 26.3 Å². The molecule has 0 saturated heterocycles. The molecule has 9 heteroatoms. The first-order valence-corrected chi connectivity index (χ1v) is 11.7. The van der Waals surface area contributed by atoms with E-state index in [1.807, 2.05) is 44.2 Å². The van der Waals surface area contributed by atoms with Crippen molar-refractivity contribution in [3.8, 4) is 0 Å². The number of carbonyl (C=O) groups excluding carboxylic acids is 2. The molecule has 0 aliphatic heterocycles. The molecule has 0 unspecified atom stereocenters. The largest absolute Gasteiger partial charge is 0.352 e. The van der Waals surface area contributed by atoms with Gasteiger partial charge in [-0.15, -0.1) is 0 Å². The van der Waals surface area contributed by atoms with Gasteiger partial charge in [0.1, 0.15) is 18.4 Å². The second-order valence-electron chi connectivity index (χ2n) is 7.60. The van der Waals surface area contributed by atoms with Gasteiger partial charge in [0.05, 0.1) is 11.9 Å². The van der Waals surface area contributed by atoms with Crippen molar-refractivity contribution in [2.75, 3.05) is 17.1 Å². The minimum absolute atomic E-state index is 0.0368. The first kappa shape index (κ1) is 24.3. The number of carbonyl (C=O) groups is 2. The molecule has 31 heavy (non-hydrogen) atoms. The zero-order valence-corrected chi connectivity index (χ0v) is 18.9. The Hall–Kier alpha value is -2.94. The van der Waals surface area contributed by atoms with Gasteiger partial charge in [-0.25, -0.2) is 12.8 Å². The summed E-state index contributed by atoms with van der Waals surface area (Å²) in [6.07, 6.45) is 0.946. The number of sulfonamides is 1. The number of rotatable bonds is 9. The fourth-order valence-corrected chi connectivity index (χ4v) is 3.85. The zero-order valence-electron chi connectivity index (χ0n) is 18.1. The van der Waals surface area contributed by atoms with Crippen molar-refractivity contribution in [1.82, 2.24) is 10.2 Å². The molecule has 0 aliphatic carbocycles. The molecule has 2 rings (SSSR count). The van der Waals surface area contributed by atoms with Crippen molar-refractivity contribution >= 4 is 27.5 Å². The first-order valence-electron chi connectivity index (χ1n) is 9.86. The highest BCUT2D eigenvalue weighted by Crippen LogP contribution is 2.20. The van der Waals surface area contributed by atoms with E-state index in [0.29, 0.717) is 0 Å². The third-order valence-electron chi connectivity index (χ3n) is 4.57. The molecule has 0 saturated carbocycles. The molecule has 0 bridgehead atoms. The lowest BCUT2D eigenvalue weighted by Gasteiger charge is -2.31. The maximum Gasteiger partial charge on any atom is 0.244 e. The predicted molar refractivity (Wildman–Crippen MR) is 118 cm³/mol. The minimum Gasteiger partial charge on any atom is -0.352 e. The summed E-state index contributed by atoms with van der Waals surface area (Å²) >= 11 is 0. The summed E-state index contributed by atoms with van der Waals surface area (Å²) in [7, 11) is -3.88. The number of nitrogens with one attached hydrogen (secondary N) is 1. The molecule has 1 atom stereocenters. The van der Waals surface area contributed by atoms with Gasteiger partial charge < -0.3 is 10.2 Å². The Bertz CT molecular complexity index is 1010. The molecule has 0 fully saturated rings. The number of amides is 2. The smallest absolute Gasteiger partial charge is 0.244 e. The van der Waals surface area contributed by atoms with E-state index < -0.39 is 34.3 Å². The maximum atomic E-state index is 13.7. The molecule has 1 N–H and O–H groups in total. The molecule has 2 aromatic rings. The van der Waals surface area contributed by atoms with Crippen molar-refractivity contribution in [2.45, 2.75) is 39.4 Å². The van der Waals surface area contributed by atoms with Gasteiger partial charge in [-0.05, 0) is 44.5 Å². The summed E-state index contributed by atoms with van der Waals surface area (Å²) in [4.78, 5) is 27.2. The lowest BCUT2D eigenvalue weighted by atomic mass is 10.1. The zero-order chi connectivity index (χ0) is 23.2. The monoisotopic (exact) mass is 449 g/mol. The SMILES string of the molecule is CC(C)NC(=O)[C@@H](C)N(Cc1ccccc1)C(=O)CN(c1cccc(F)c1)S(C)(=O)=O.